The summed E-state index contributed by atoms with van der Waals surface area (Å²) in [5, 5.41) is 11.9. The molecule has 1 aromatic rings. The fraction of sp³-hybridized carbons (Fsp3) is 0.364. The van der Waals surface area contributed by atoms with Crippen LogP contribution in [0.25, 0.3) is 5.70 Å². The van der Waals surface area contributed by atoms with Gasteiger partial charge in [-0.2, -0.15) is 0 Å². The summed E-state index contributed by atoms with van der Waals surface area (Å²) in [6.07, 6.45) is 6.83. The van der Waals surface area contributed by atoms with Crippen molar-refractivity contribution in [3.05, 3.63) is 64.0 Å². The number of nitrogens with two attached hydrogens (primary N) is 2. The van der Waals surface area contributed by atoms with Gasteiger partial charge in [-0.25, -0.2) is 0 Å². The van der Waals surface area contributed by atoms with E-state index in [0.29, 0.717) is 11.3 Å². The molecule has 0 radical (unpaired) electrons. The zero-order chi connectivity index (χ0) is 20.8. The van der Waals surface area contributed by atoms with Crippen molar-refractivity contribution in [1.29, 1.82) is 5.41 Å². The lowest BCUT2D eigenvalue weighted by atomic mass is 9.99. The van der Waals surface area contributed by atoms with Gasteiger partial charge in [-0.15, -0.1) is 0 Å². The van der Waals surface area contributed by atoms with Gasteiger partial charge in [0.15, 0.2) is 0 Å². The van der Waals surface area contributed by atoms with Crippen LogP contribution in [0.4, 0.5) is 0 Å². The highest BCUT2D eigenvalue weighted by molar-refractivity contribution is 6.39. The molecule has 154 valence electrons. The molecule has 0 atom stereocenters. The van der Waals surface area contributed by atoms with E-state index in [9.17, 15) is 4.79 Å². The Kier molecular flexibility index (Phi) is 6.99. The Labute approximate surface area is 176 Å². The average molecular weight is 414 g/mol. The number of nitrogens with one attached hydrogen (secondary N) is 2. The molecule has 3 rings (SSSR count). The normalized spacial score (nSPS) is 18.1. The summed E-state index contributed by atoms with van der Waals surface area (Å²) in [6, 6.07) is 9.35. The number of benzene rings is 1. The molecule has 1 aliphatic heterocycles. The number of rotatable bonds is 7. The molecule has 0 saturated carbocycles. The van der Waals surface area contributed by atoms with Gasteiger partial charge >= 0.3 is 0 Å². The van der Waals surface area contributed by atoms with Crippen LogP contribution in [0, 0.1) is 5.41 Å². The van der Waals surface area contributed by atoms with Gasteiger partial charge in [0.05, 0.1) is 28.6 Å². The number of likely N-dealkylation sites (tertiary alicyclic amines) is 1. The molecule has 1 amide bonds. The second kappa shape index (κ2) is 9.65. The van der Waals surface area contributed by atoms with Crippen LogP contribution in [-0.4, -0.2) is 36.2 Å². The van der Waals surface area contributed by atoms with E-state index in [1.54, 1.807) is 0 Å². The second-order valence-electron chi connectivity index (χ2n) is 7.32. The van der Waals surface area contributed by atoms with Crippen molar-refractivity contribution >= 4 is 28.9 Å². The molecule has 2 aliphatic rings. The molecule has 0 bridgehead atoms. The lowest BCUT2D eigenvalue weighted by molar-refractivity contribution is -0.129. The van der Waals surface area contributed by atoms with Crippen molar-refractivity contribution in [1.82, 2.24) is 10.2 Å². The summed E-state index contributed by atoms with van der Waals surface area (Å²) in [5.74, 6) is 0.187. The molecular formula is C22H28ClN5O. The fourth-order valence-corrected chi connectivity index (χ4v) is 3.94. The first-order chi connectivity index (χ1) is 14.0. The number of carbonyl (C=O) groups is 1. The number of amides is 1. The molecule has 0 spiro atoms. The molecule has 1 heterocycles. The quantitative estimate of drug-likeness (QED) is 0.407. The van der Waals surface area contributed by atoms with Gasteiger partial charge in [0.25, 0.3) is 0 Å². The number of hydrogen-bond donors (Lipinski definition) is 4. The van der Waals surface area contributed by atoms with E-state index in [0.717, 1.165) is 56.3 Å². The number of carbonyl (C=O) groups excluding carboxylic acids is 1. The maximum absolute atomic E-state index is 12.4. The van der Waals surface area contributed by atoms with Gasteiger partial charge in [0.2, 0.25) is 5.91 Å². The molecular weight excluding hydrogens is 386 g/mol. The molecule has 6 N–H and O–H groups in total. The summed E-state index contributed by atoms with van der Waals surface area (Å²) in [5.41, 5.74) is 15.2. The maximum Gasteiger partial charge on any atom is 0.241 e. The van der Waals surface area contributed by atoms with Crippen molar-refractivity contribution in [3.8, 4) is 0 Å². The predicted molar refractivity (Wildman–Crippen MR) is 118 cm³/mol. The average Bonchev–Trinajstić information content (AvgIpc) is 3.46. The zero-order valence-electron chi connectivity index (χ0n) is 16.5. The van der Waals surface area contributed by atoms with Crippen LogP contribution in [0.1, 0.15) is 37.7 Å². The summed E-state index contributed by atoms with van der Waals surface area (Å²) in [4.78, 5) is 14.2. The van der Waals surface area contributed by atoms with Gasteiger partial charge < -0.3 is 21.7 Å². The topological polar surface area (TPSA) is 108 Å². The maximum atomic E-state index is 12.4. The van der Waals surface area contributed by atoms with Gasteiger partial charge in [0.1, 0.15) is 5.82 Å². The number of halogens is 1. The Morgan fingerprint density at radius 3 is 2.45 bits per heavy atom. The van der Waals surface area contributed by atoms with E-state index >= 15 is 0 Å². The zero-order valence-corrected chi connectivity index (χ0v) is 17.3. The second-order valence-corrected chi connectivity index (χ2v) is 7.70. The first kappa shape index (κ1) is 21.0. The number of hydrogen-bond acceptors (Lipinski definition) is 5. The summed E-state index contributed by atoms with van der Waals surface area (Å²) in [6.45, 7) is 1.62. The molecule has 0 unspecified atom stereocenters. The first-order valence-corrected chi connectivity index (χ1v) is 10.4. The molecule has 1 aliphatic carbocycles. The van der Waals surface area contributed by atoms with Gasteiger partial charge in [-0.05, 0) is 43.2 Å². The highest BCUT2D eigenvalue weighted by atomic mass is 35.5. The van der Waals surface area contributed by atoms with Crippen molar-refractivity contribution in [2.75, 3.05) is 19.6 Å². The fourth-order valence-electron chi connectivity index (χ4n) is 3.64. The third-order valence-corrected chi connectivity index (χ3v) is 5.70. The largest absolute Gasteiger partial charge is 0.397 e. The summed E-state index contributed by atoms with van der Waals surface area (Å²) in [7, 11) is 0. The smallest absolute Gasteiger partial charge is 0.241 e. The van der Waals surface area contributed by atoms with Crippen LogP contribution in [0.2, 0.25) is 0 Å². The van der Waals surface area contributed by atoms with Crippen LogP contribution >= 0.6 is 11.6 Å². The lowest BCUT2D eigenvalue weighted by Gasteiger charge is -2.19. The van der Waals surface area contributed by atoms with Crippen LogP contribution in [-0.2, 0) is 4.79 Å². The van der Waals surface area contributed by atoms with Crippen molar-refractivity contribution in [2.45, 2.75) is 32.1 Å². The standard InChI is InChI=1S/C22H28ClN5O/c23-19(21(25)16-8-2-1-3-9-16)18(20(24)15-10-4-5-11-15)22(26)27-14-17(29)28-12-6-7-13-28/h1-3,8-10,24,27H,4-7,11-14,25-26H2/b21-19+,22-18-,24-20?. The van der Waals surface area contributed by atoms with Gasteiger partial charge in [-0.1, -0.05) is 48.0 Å². The third kappa shape index (κ3) is 5.01. The van der Waals surface area contributed by atoms with Crippen LogP contribution in [0.15, 0.2) is 58.4 Å². The molecule has 1 aromatic carbocycles. The third-order valence-electron chi connectivity index (χ3n) is 5.31. The van der Waals surface area contributed by atoms with Crippen LogP contribution in [0.3, 0.4) is 0 Å². The van der Waals surface area contributed by atoms with E-state index in [1.807, 2.05) is 41.3 Å². The molecule has 6 nitrogen and oxygen atoms in total. The summed E-state index contributed by atoms with van der Waals surface area (Å²) >= 11 is 6.66. The van der Waals surface area contributed by atoms with E-state index in [-0.39, 0.29) is 29.0 Å². The van der Waals surface area contributed by atoms with Gasteiger partial charge in [0, 0.05) is 13.1 Å². The Balaban J connectivity index is 1.90. The molecule has 0 aromatic heterocycles. The molecule has 29 heavy (non-hydrogen) atoms. The predicted octanol–water partition coefficient (Wildman–Crippen LogP) is 3.07. The van der Waals surface area contributed by atoms with Gasteiger partial charge in [-0.3, -0.25) is 10.2 Å². The lowest BCUT2D eigenvalue weighted by Crippen LogP contribution is -2.38. The number of allylic oxidation sites excluding steroid dienone is 4. The van der Waals surface area contributed by atoms with E-state index < -0.39 is 0 Å². The summed E-state index contributed by atoms with van der Waals surface area (Å²) < 4.78 is 0. The molecule has 7 heteroatoms. The van der Waals surface area contributed by atoms with E-state index in [2.05, 4.69) is 5.32 Å². The van der Waals surface area contributed by atoms with Crippen molar-refractivity contribution < 1.29 is 4.79 Å². The number of nitrogens with zero attached hydrogens (tertiary/aromatic N) is 1. The van der Waals surface area contributed by atoms with Crippen molar-refractivity contribution in [3.63, 3.8) is 0 Å². The highest BCUT2D eigenvalue weighted by Gasteiger charge is 2.23. The van der Waals surface area contributed by atoms with E-state index in [1.165, 1.54) is 0 Å². The van der Waals surface area contributed by atoms with E-state index in [4.69, 9.17) is 28.5 Å². The Morgan fingerprint density at radius 2 is 1.83 bits per heavy atom. The van der Waals surface area contributed by atoms with Crippen LogP contribution in [0.5, 0.6) is 0 Å². The Bertz CT molecular complexity index is 866. The van der Waals surface area contributed by atoms with Crippen LogP contribution < -0.4 is 16.8 Å². The Hall–Kier alpha value is -2.73. The minimum atomic E-state index is -0.00690. The highest BCUT2D eigenvalue weighted by Crippen LogP contribution is 2.30. The SMILES string of the molecule is N=C(C1=CCCC1)C(=C(/N)NCC(=O)N1CCCC1)/C(Cl)=C(\N)c1ccccc1. The molecule has 1 fully saturated rings. The minimum absolute atomic E-state index is 0.00690. The first-order valence-electron chi connectivity index (χ1n) is 9.99. The van der Waals surface area contributed by atoms with Crippen molar-refractivity contribution in [2.24, 2.45) is 11.5 Å². The Morgan fingerprint density at radius 1 is 1.14 bits per heavy atom. The molecule has 1 saturated heterocycles. The minimum Gasteiger partial charge on any atom is -0.397 e. The monoisotopic (exact) mass is 413 g/mol.